The molecular formula is C18H24N2O2. The van der Waals surface area contributed by atoms with Crippen molar-refractivity contribution in [1.82, 2.24) is 9.88 Å². The van der Waals surface area contributed by atoms with Crippen molar-refractivity contribution in [1.29, 1.82) is 0 Å². The van der Waals surface area contributed by atoms with E-state index in [9.17, 15) is 9.90 Å². The van der Waals surface area contributed by atoms with E-state index in [1.165, 1.54) is 0 Å². The summed E-state index contributed by atoms with van der Waals surface area (Å²) in [6.07, 6.45) is 5.44. The summed E-state index contributed by atoms with van der Waals surface area (Å²) in [7, 11) is 0. The third-order valence-electron chi connectivity index (χ3n) is 4.76. The number of aromatic nitrogens is 1. The summed E-state index contributed by atoms with van der Waals surface area (Å²) in [5, 5.41) is 11.2. The minimum Gasteiger partial charge on any atom is -0.392 e. The molecule has 4 heteroatoms. The Morgan fingerprint density at radius 1 is 1.41 bits per heavy atom. The van der Waals surface area contributed by atoms with E-state index < -0.39 is 0 Å². The summed E-state index contributed by atoms with van der Waals surface area (Å²) in [4.78, 5) is 18.0. The molecule has 2 N–H and O–H groups in total. The molecule has 0 radical (unpaired) electrons. The molecule has 0 spiro atoms. The number of nitrogens with zero attached hydrogens (tertiary/aromatic N) is 1. The molecule has 2 atom stereocenters. The van der Waals surface area contributed by atoms with Gasteiger partial charge in [0.2, 0.25) is 0 Å². The number of hydrogen-bond donors (Lipinski definition) is 2. The van der Waals surface area contributed by atoms with Gasteiger partial charge in [-0.2, -0.15) is 0 Å². The predicted octanol–water partition coefficient (Wildman–Crippen LogP) is 2.98. The fourth-order valence-corrected chi connectivity index (χ4v) is 3.49. The number of aliphatic hydroxyl groups is 1. The van der Waals surface area contributed by atoms with E-state index in [0.717, 1.165) is 48.7 Å². The molecule has 1 aliphatic rings. The van der Waals surface area contributed by atoms with Crippen LogP contribution in [-0.2, 0) is 0 Å². The Balaban J connectivity index is 1.77. The lowest BCUT2D eigenvalue weighted by Crippen LogP contribution is -2.48. The van der Waals surface area contributed by atoms with Gasteiger partial charge in [-0.1, -0.05) is 31.5 Å². The molecule has 2 aromatic rings. The van der Waals surface area contributed by atoms with Gasteiger partial charge >= 0.3 is 0 Å². The van der Waals surface area contributed by atoms with Crippen LogP contribution >= 0.6 is 0 Å². The number of aliphatic hydroxyl groups excluding tert-OH is 1. The molecule has 0 amide bonds. The molecule has 0 bridgehead atoms. The van der Waals surface area contributed by atoms with Crippen LogP contribution in [0.5, 0.6) is 0 Å². The largest absolute Gasteiger partial charge is 0.392 e. The summed E-state index contributed by atoms with van der Waals surface area (Å²) < 4.78 is 0. The van der Waals surface area contributed by atoms with Crippen LogP contribution in [0.2, 0.25) is 0 Å². The second kappa shape index (κ2) is 6.63. The van der Waals surface area contributed by atoms with Gasteiger partial charge in [-0.3, -0.25) is 9.69 Å². The Hall–Kier alpha value is -1.65. The first-order valence-corrected chi connectivity index (χ1v) is 8.22. The summed E-state index contributed by atoms with van der Waals surface area (Å²) in [6.45, 7) is 3.29. The maximum Gasteiger partial charge on any atom is 0.178 e. The Bertz CT molecular complexity index is 649. The molecule has 0 saturated carbocycles. The molecule has 22 heavy (non-hydrogen) atoms. The lowest BCUT2D eigenvalue weighted by molar-refractivity contribution is 0.0248. The summed E-state index contributed by atoms with van der Waals surface area (Å²) in [5.74, 6) is 0.132. The number of benzene rings is 1. The minimum absolute atomic E-state index is 0.118. The van der Waals surface area contributed by atoms with Crippen LogP contribution in [0.3, 0.4) is 0 Å². The highest BCUT2D eigenvalue weighted by Crippen LogP contribution is 2.23. The molecule has 1 saturated heterocycles. The van der Waals surface area contributed by atoms with Gasteiger partial charge in [0.15, 0.2) is 5.78 Å². The average molecular weight is 300 g/mol. The topological polar surface area (TPSA) is 56.3 Å². The first kappa shape index (κ1) is 15.3. The molecular weight excluding hydrogens is 276 g/mol. The molecule has 0 aliphatic carbocycles. The molecule has 1 aromatic heterocycles. The number of carbonyl (C=O) groups excluding carboxylic acids is 1. The fraction of sp³-hybridized carbons (Fsp3) is 0.500. The highest BCUT2D eigenvalue weighted by Gasteiger charge is 2.29. The van der Waals surface area contributed by atoms with Gasteiger partial charge in [0.05, 0.1) is 12.6 Å². The number of Topliss-reactive ketones (excluding diaryl/α,β-unsaturated/α-hetero) is 1. The van der Waals surface area contributed by atoms with Gasteiger partial charge in [-0.25, -0.2) is 0 Å². The summed E-state index contributed by atoms with van der Waals surface area (Å²) >= 11 is 0. The number of ketones is 1. The number of likely N-dealkylation sites (tertiary alicyclic amines) is 1. The zero-order valence-corrected chi connectivity index (χ0v) is 13.1. The van der Waals surface area contributed by atoms with Crippen molar-refractivity contribution in [2.45, 2.75) is 44.8 Å². The number of aromatic amines is 1. The number of carbonyl (C=O) groups is 1. The maximum absolute atomic E-state index is 12.7. The SMILES string of the molecule is CCC(O)C1CCCCN1CC(=O)c1c[nH]c2ccccc12. The van der Waals surface area contributed by atoms with Crippen molar-refractivity contribution >= 4 is 16.7 Å². The highest BCUT2D eigenvalue weighted by atomic mass is 16.3. The lowest BCUT2D eigenvalue weighted by atomic mass is 9.95. The van der Waals surface area contributed by atoms with Crippen LogP contribution in [0.25, 0.3) is 10.9 Å². The van der Waals surface area contributed by atoms with Gasteiger partial charge in [0, 0.05) is 28.7 Å². The standard InChI is InChI=1S/C18H24N2O2/c1-2-17(21)16-9-5-6-10-20(16)12-18(22)14-11-19-15-8-4-3-7-13(14)15/h3-4,7-8,11,16-17,19,21H,2,5-6,9-10,12H2,1H3. The Kier molecular flexibility index (Phi) is 4.60. The summed E-state index contributed by atoms with van der Waals surface area (Å²) in [6, 6.07) is 8.00. The van der Waals surface area contributed by atoms with Crippen molar-refractivity contribution in [3.8, 4) is 0 Å². The molecule has 2 unspecified atom stereocenters. The lowest BCUT2D eigenvalue weighted by Gasteiger charge is -2.37. The normalized spacial score (nSPS) is 21.1. The molecule has 1 fully saturated rings. The third kappa shape index (κ3) is 2.94. The van der Waals surface area contributed by atoms with E-state index >= 15 is 0 Å². The van der Waals surface area contributed by atoms with Gasteiger partial charge in [0.25, 0.3) is 0 Å². The van der Waals surface area contributed by atoms with E-state index in [1.54, 1.807) is 0 Å². The van der Waals surface area contributed by atoms with Crippen LogP contribution in [-0.4, -0.2) is 46.0 Å². The molecule has 118 valence electrons. The molecule has 1 aliphatic heterocycles. The number of nitrogens with one attached hydrogen (secondary N) is 1. The number of rotatable bonds is 5. The van der Waals surface area contributed by atoms with E-state index in [-0.39, 0.29) is 17.9 Å². The molecule has 2 heterocycles. The van der Waals surface area contributed by atoms with Crippen molar-refractivity contribution in [2.75, 3.05) is 13.1 Å². The van der Waals surface area contributed by atoms with Crippen molar-refractivity contribution in [3.05, 3.63) is 36.0 Å². The first-order chi connectivity index (χ1) is 10.7. The van der Waals surface area contributed by atoms with Gasteiger partial charge < -0.3 is 10.1 Å². The van der Waals surface area contributed by atoms with E-state index in [2.05, 4.69) is 9.88 Å². The van der Waals surface area contributed by atoms with Crippen molar-refractivity contribution in [3.63, 3.8) is 0 Å². The van der Waals surface area contributed by atoms with Crippen LogP contribution in [0.4, 0.5) is 0 Å². The number of piperidine rings is 1. The predicted molar refractivity (Wildman–Crippen MR) is 88.1 cm³/mol. The average Bonchev–Trinajstić information content (AvgIpc) is 2.99. The highest BCUT2D eigenvalue weighted by molar-refractivity contribution is 6.08. The van der Waals surface area contributed by atoms with Crippen LogP contribution < -0.4 is 0 Å². The number of hydrogen-bond acceptors (Lipinski definition) is 3. The van der Waals surface area contributed by atoms with Crippen molar-refractivity contribution in [2.24, 2.45) is 0 Å². The van der Waals surface area contributed by atoms with Crippen molar-refractivity contribution < 1.29 is 9.90 Å². The van der Waals surface area contributed by atoms with Crippen LogP contribution in [0, 0.1) is 0 Å². The van der Waals surface area contributed by atoms with E-state index in [0.29, 0.717) is 6.54 Å². The zero-order chi connectivity index (χ0) is 15.5. The van der Waals surface area contributed by atoms with Gasteiger partial charge in [-0.15, -0.1) is 0 Å². The van der Waals surface area contributed by atoms with Gasteiger partial charge in [0.1, 0.15) is 0 Å². The second-order valence-corrected chi connectivity index (χ2v) is 6.18. The maximum atomic E-state index is 12.7. The smallest absolute Gasteiger partial charge is 0.178 e. The van der Waals surface area contributed by atoms with Gasteiger partial charge in [-0.05, 0) is 31.9 Å². The number of fused-ring (bicyclic) bond motifs is 1. The molecule has 1 aromatic carbocycles. The third-order valence-corrected chi connectivity index (χ3v) is 4.76. The molecule has 3 rings (SSSR count). The van der Waals surface area contributed by atoms with E-state index in [4.69, 9.17) is 0 Å². The monoisotopic (exact) mass is 300 g/mol. The fourth-order valence-electron chi connectivity index (χ4n) is 3.49. The minimum atomic E-state index is -0.337. The van der Waals surface area contributed by atoms with E-state index in [1.807, 2.05) is 37.4 Å². The number of H-pyrrole nitrogens is 1. The molecule has 4 nitrogen and oxygen atoms in total. The Morgan fingerprint density at radius 2 is 2.23 bits per heavy atom. The quantitative estimate of drug-likeness (QED) is 0.835. The van der Waals surface area contributed by atoms with Crippen LogP contribution in [0.15, 0.2) is 30.5 Å². The Morgan fingerprint density at radius 3 is 3.05 bits per heavy atom. The summed E-state index contributed by atoms with van der Waals surface area (Å²) in [5.41, 5.74) is 1.75. The number of para-hydroxylation sites is 1. The second-order valence-electron chi connectivity index (χ2n) is 6.18. The first-order valence-electron chi connectivity index (χ1n) is 8.22. The van der Waals surface area contributed by atoms with Crippen LogP contribution in [0.1, 0.15) is 43.0 Å². The Labute approximate surface area is 131 Å². The zero-order valence-electron chi connectivity index (χ0n) is 13.1.